The molecule has 4 nitrogen and oxygen atoms in total. The van der Waals surface area contributed by atoms with Crippen molar-refractivity contribution in [1.29, 1.82) is 0 Å². The highest BCUT2D eigenvalue weighted by atomic mass is 32.1. The molecule has 1 saturated carbocycles. The Labute approximate surface area is 118 Å². The minimum absolute atomic E-state index is 0.154. The van der Waals surface area contributed by atoms with E-state index >= 15 is 0 Å². The Hall–Kier alpha value is -0.940. The van der Waals surface area contributed by atoms with E-state index in [1.54, 1.807) is 11.3 Å². The van der Waals surface area contributed by atoms with Crippen LogP contribution in [0.5, 0.6) is 0 Å². The molecule has 1 saturated heterocycles. The van der Waals surface area contributed by atoms with Crippen LogP contribution < -0.4 is 10.6 Å². The van der Waals surface area contributed by atoms with Crippen LogP contribution in [0.4, 0.5) is 0 Å². The summed E-state index contributed by atoms with van der Waals surface area (Å²) in [5.74, 6) is 1.02. The number of rotatable bonds is 4. The average Bonchev–Trinajstić information content (AvgIpc) is 3.19. The molecule has 1 aromatic heterocycles. The number of aromatic nitrogens is 1. The number of hydrogen-bond acceptors (Lipinski definition) is 4. The van der Waals surface area contributed by atoms with Crippen LogP contribution >= 0.6 is 11.3 Å². The first kappa shape index (κ1) is 13.1. The number of hydrogen-bond donors (Lipinski definition) is 2. The van der Waals surface area contributed by atoms with Gasteiger partial charge in [-0.15, -0.1) is 11.3 Å². The molecule has 1 amide bonds. The zero-order valence-corrected chi connectivity index (χ0v) is 12.1. The van der Waals surface area contributed by atoms with Gasteiger partial charge in [0.15, 0.2) is 0 Å². The van der Waals surface area contributed by atoms with Gasteiger partial charge in [-0.05, 0) is 51.6 Å². The second-order valence-electron chi connectivity index (χ2n) is 5.68. The lowest BCUT2D eigenvalue weighted by Crippen LogP contribution is -2.40. The standard InChI is InChI=1S/C14H21N3OS/c1-9-8-19-14(16-9)12(10-2-3-10)17-13(18)11-4-6-15-7-5-11/h8,10-12,15H,2-7H2,1H3,(H,17,18). The van der Waals surface area contributed by atoms with E-state index in [9.17, 15) is 4.79 Å². The van der Waals surface area contributed by atoms with Crippen molar-refractivity contribution < 1.29 is 4.79 Å². The van der Waals surface area contributed by atoms with Crippen LogP contribution in [0.25, 0.3) is 0 Å². The molecule has 0 spiro atoms. The Bertz CT molecular complexity index is 449. The lowest BCUT2D eigenvalue weighted by Gasteiger charge is -2.24. The summed E-state index contributed by atoms with van der Waals surface area (Å²) >= 11 is 1.68. The summed E-state index contributed by atoms with van der Waals surface area (Å²) < 4.78 is 0. The first-order chi connectivity index (χ1) is 9.24. The molecular formula is C14H21N3OS. The van der Waals surface area contributed by atoms with Gasteiger partial charge < -0.3 is 10.6 Å². The van der Waals surface area contributed by atoms with E-state index in [4.69, 9.17) is 0 Å². The summed E-state index contributed by atoms with van der Waals surface area (Å²) in [5.41, 5.74) is 1.06. The topological polar surface area (TPSA) is 54.0 Å². The van der Waals surface area contributed by atoms with E-state index < -0.39 is 0 Å². The van der Waals surface area contributed by atoms with Crippen molar-refractivity contribution in [2.75, 3.05) is 13.1 Å². The summed E-state index contributed by atoms with van der Waals surface area (Å²) in [7, 11) is 0. The van der Waals surface area contributed by atoms with Crippen LogP contribution in [0.1, 0.15) is 42.4 Å². The quantitative estimate of drug-likeness (QED) is 0.886. The van der Waals surface area contributed by atoms with E-state index in [1.165, 1.54) is 12.8 Å². The number of carbonyl (C=O) groups is 1. The predicted molar refractivity (Wildman–Crippen MR) is 76.1 cm³/mol. The van der Waals surface area contributed by atoms with Crippen molar-refractivity contribution >= 4 is 17.2 Å². The maximum absolute atomic E-state index is 12.4. The Morgan fingerprint density at radius 3 is 2.74 bits per heavy atom. The van der Waals surface area contributed by atoms with Gasteiger partial charge in [0.2, 0.25) is 5.91 Å². The Kier molecular flexibility index (Phi) is 3.84. The molecule has 2 aliphatic rings. The van der Waals surface area contributed by atoms with Gasteiger partial charge in [0, 0.05) is 17.0 Å². The minimum atomic E-state index is 0.154. The fourth-order valence-electron chi connectivity index (χ4n) is 2.68. The lowest BCUT2D eigenvalue weighted by molar-refractivity contribution is -0.126. The molecule has 5 heteroatoms. The van der Waals surface area contributed by atoms with Crippen molar-refractivity contribution in [3.05, 3.63) is 16.1 Å². The SMILES string of the molecule is Cc1csc(C(NC(=O)C2CCNCC2)C2CC2)n1. The highest BCUT2D eigenvalue weighted by Crippen LogP contribution is 2.42. The van der Waals surface area contributed by atoms with Gasteiger partial charge in [0.25, 0.3) is 0 Å². The van der Waals surface area contributed by atoms with E-state index in [-0.39, 0.29) is 17.9 Å². The third-order valence-electron chi connectivity index (χ3n) is 4.00. The summed E-state index contributed by atoms with van der Waals surface area (Å²) in [6, 6.07) is 0.154. The van der Waals surface area contributed by atoms with Crippen molar-refractivity contribution in [2.24, 2.45) is 11.8 Å². The van der Waals surface area contributed by atoms with Crippen LogP contribution in [0.2, 0.25) is 0 Å². The zero-order chi connectivity index (χ0) is 13.2. The van der Waals surface area contributed by atoms with Gasteiger partial charge in [-0.1, -0.05) is 0 Å². The Balaban J connectivity index is 1.66. The van der Waals surface area contributed by atoms with Crippen molar-refractivity contribution in [1.82, 2.24) is 15.6 Å². The van der Waals surface area contributed by atoms with Gasteiger partial charge in [0.1, 0.15) is 5.01 Å². The first-order valence-electron chi connectivity index (χ1n) is 7.17. The van der Waals surface area contributed by atoms with E-state index in [0.29, 0.717) is 5.92 Å². The predicted octanol–water partition coefficient (Wildman–Crippen LogP) is 2.02. The number of amides is 1. The summed E-state index contributed by atoms with van der Waals surface area (Å²) in [6.07, 6.45) is 4.35. The molecule has 2 N–H and O–H groups in total. The van der Waals surface area contributed by atoms with Crippen molar-refractivity contribution in [3.8, 4) is 0 Å². The van der Waals surface area contributed by atoms with Crippen LogP contribution in [-0.4, -0.2) is 24.0 Å². The number of carbonyl (C=O) groups excluding carboxylic acids is 1. The van der Waals surface area contributed by atoms with Gasteiger partial charge in [-0.2, -0.15) is 0 Å². The number of piperidine rings is 1. The molecule has 2 heterocycles. The second kappa shape index (κ2) is 5.59. The molecule has 104 valence electrons. The third kappa shape index (κ3) is 3.15. The molecule has 19 heavy (non-hydrogen) atoms. The van der Waals surface area contributed by atoms with Crippen LogP contribution in [0, 0.1) is 18.8 Å². The lowest BCUT2D eigenvalue weighted by atomic mass is 9.96. The Morgan fingerprint density at radius 2 is 2.16 bits per heavy atom. The van der Waals surface area contributed by atoms with Crippen LogP contribution in [0.15, 0.2) is 5.38 Å². The summed E-state index contributed by atoms with van der Waals surface area (Å²) in [6.45, 7) is 3.93. The van der Waals surface area contributed by atoms with E-state index in [0.717, 1.165) is 36.6 Å². The number of nitrogens with one attached hydrogen (secondary N) is 2. The molecule has 2 fully saturated rings. The van der Waals surface area contributed by atoms with E-state index in [1.807, 2.05) is 6.92 Å². The molecule has 1 aliphatic heterocycles. The minimum Gasteiger partial charge on any atom is -0.346 e. The average molecular weight is 279 g/mol. The third-order valence-corrected chi connectivity index (χ3v) is 5.05. The molecule has 0 bridgehead atoms. The molecule has 1 atom stereocenters. The molecular weight excluding hydrogens is 258 g/mol. The van der Waals surface area contributed by atoms with Gasteiger partial charge in [0.05, 0.1) is 6.04 Å². The largest absolute Gasteiger partial charge is 0.346 e. The normalized spacial score (nSPS) is 22.2. The van der Waals surface area contributed by atoms with Crippen LogP contribution in [0.3, 0.4) is 0 Å². The summed E-state index contributed by atoms with van der Waals surface area (Å²) in [5, 5.41) is 9.72. The molecule has 0 radical (unpaired) electrons. The summed E-state index contributed by atoms with van der Waals surface area (Å²) in [4.78, 5) is 16.9. The maximum Gasteiger partial charge on any atom is 0.223 e. The number of aryl methyl sites for hydroxylation is 1. The number of nitrogens with zero attached hydrogens (tertiary/aromatic N) is 1. The van der Waals surface area contributed by atoms with E-state index in [2.05, 4.69) is 21.0 Å². The fraction of sp³-hybridized carbons (Fsp3) is 0.714. The monoisotopic (exact) mass is 279 g/mol. The maximum atomic E-state index is 12.4. The molecule has 3 rings (SSSR count). The highest BCUT2D eigenvalue weighted by molar-refractivity contribution is 7.09. The smallest absolute Gasteiger partial charge is 0.223 e. The fourth-order valence-corrected chi connectivity index (χ4v) is 3.62. The second-order valence-corrected chi connectivity index (χ2v) is 6.56. The number of thiazole rings is 1. The zero-order valence-electron chi connectivity index (χ0n) is 11.3. The van der Waals surface area contributed by atoms with Crippen molar-refractivity contribution in [2.45, 2.75) is 38.6 Å². The first-order valence-corrected chi connectivity index (χ1v) is 8.05. The molecule has 1 aromatic rings. The van der Waals surface area contributed by atoms with Gasteiger partial charge in [-0.3, -0.25) is 4.79 Å². The van der Waals surface area contributed by atoms with Crippen LogP contribution in [-0.2, 0) is 4.79 Å². The Morgan fingerprint density at radius 1 is 1.42 bits per heavy atom. The van der Waals surface area contributed by atoms with Crippen molar-refractivity contribution in [3.63, 3.8) is 0 Å². The highest BCUT2D eigenvalue weighted by Gasteiger charge is 2.36. The molecule has 0 aromatic carbocycles. The molecule has 1 aliphatic carbocycles. The van der Waals surface area contributed by atoms with Gasteiger partial charge >= 0.3 is 0 Å². The molecule has 1 unspecified atom stereocenters. The van der Waals surface area contributed by atoms with Gasteiger partial charge in [-0.25, -0.2) is 4.98 Å².